The number of hydrogen-bond donors (Lipinski definition) is 1. The van der Waals surface area contributed by atoms with Crippen molar-refractivity contribution in [1.29, 1.82) is 0 Å². The summed E-state index contributed by atoms with van der Waals surface area (Å²) in [7, 11) is 0. The number of nitrogens with one attached hydrogen (secondary N) is 1. The van der Waals surface area contributed by atoms with E-state index in [-0.39, 0.29) is 11.7 Å². The van der Waals surface area contributed by atoms with Crippen LogP contribution in [0.15, 0.2) is 69.7 Å². The van der Waals surface area contributed by atoms with E-state index in [2.05, 4.69) is 26.4 Å². The van der Waals surface area contributed by atoms with Gasteiger partial charge in [-0.3, -0.25) is 4.79 Å². The highest BCUT2D eigenvalue weighted by Gasteiger charge is 2.37. The van der Waals surface area contributed by atoms with Crippen LogP contribution in [0.3, 0.4) is 0 Å². The molecule has 0 aliphatic carbocycles. The largest absolute Gasteiger partial charge is 0.381 e. The second kappa shape index (κ2) is 7.66. The summed E-state index contributed by atoms with van der Waals surface area (Å²) in [5, 5.41) is 7.23. The maximum absolute atomic E-state index is 12.9. The van der Waals surface area contributed by atoms with Crippen LogP contribution in [0.4, 0.5) is 0 Å². The van der Waals surface area contributed by atoms with E-state index in [0.29, 0.717) is 31.7 Å². The first-order chi connectivity index (χ1) is 13.2. The molecule has 1 N–H and O–H groups in total. The average Bonchev–Trinajstić information content (AvgIpc) is 3.20. The Balaban J connectivity index is 1.60. The van der Waals surface area contributed by atoms with Crippen LogP contribution in [-0.2, 0) is 10.3 Å². The highest BCUT2D eigenvalue weighted by Crippen LogP contribution is 2.34. The molecule has 2 heterocycles. The van der Waals surface area contributed by atoms with Crippen molar-refractivity contribution in [2.75, 3.05) is 13.2 Å². The van der Waals surface area contributed by atoms with Crippen LogP contribution < -0.4 is 5.32 Å². The molecule has 0 saturated carbocycles. The Morgan fingerprint density at radius 1 is 1.04 bits per heavy atom. The minimum absolute atomic E-state index is 0.203. The van der Waals surface area contributed by atoms with Gasteiger partial charge in [-0.15, -0.1) is 0 Å². The van der Waals surface area contributed by atoms with Crippen LogP contribution in [0.2, 0.25) is 0 Å². The van der Waals surface area contributed by atoms with E-state index in [1.807, 2.05) is 54.6 Å². The number of benzene rings is 2. The number of rotatable bonds is 4. The molecule has 1 saturated heterocycles. The fourth-order valence-electron chi connectivity index (χ4n) is 3.40. The van der Waals surface area contributed by atoms with E-state index in [0.717, 1.165) is 15.6 Å². The van der Waals surface area contributed by atoms with E-state index in [4.69, 9.17) is 9.26 Å². The summed E-state index contributed by atoms with van der Waals surface area (Å²) >= 11 is 3.52. The highest BCUT2D eigenvalue weighted by molar-refractivity contribution is 9.10. The molecule has 0 bridgehead atoms. The quantitative estimate of drug-likeness (QED) is 0.664. The highest BCUT2D eigenvalue weighted by atomic mass is 79.9. The first kappa shape index (κ1) is 17.9. The Kier molecular flexibility index (Phi) is 5.09. The maximum atomic E-state index is 12.9. The topological polar surface area (TPSA) is 64.4 Å². The van der Waals surface area contributed by atoms with Crippen LogP contribution in [0.1, 0.15) is 29.0 Å². The average molecular weight is 427 g/mol. The summed E-state index contributed by atoms with van der Waals surface area (Å²) in [6.07, 6.45) is 1.41. The zero-order chi connectivity index (χ0) is 18.7. The lowest BCUT2D eigenvalue weighted by molar-refractivity contribution is 0.0335. The predicted molar refractivity (Wildman–Crippen MR) is 105 cm³/mol. The molecule has 5 nitrogen and oxygen atoms in total. The fourth-order valence-corrected chi connectivity index (χ4v) is 3.80. The second-order valence-electron chi connectivity index (χ2n) is 6.60. The number of halogens is 1. The van der Waals surface area contributed by atoms with Crippen molar-refractivity contribution >= 4 is 21.8 Å². The summed E-state index contributed by atoms with van der Waals surface area (Å²) in [4.78, 5) is 12.9. The van der Waals surface area contributed by atoms with Gasteiger partial charge in [0.05, 0.1) is 5.54 Å². The maximum Gasteiger partial charge on any atom is 0.290 e. The molecule has 0 spiro atoms. The Morgan fingerprint density at radius 3 is 2.56 bits per heavy atom. The summed E-state index contributed by atoms with van der Waals surface area (Å²) in [6, 6.07) is 19.4. The van der Waals surface area contributed by atoms with Crippen molar-refractivity contribution in [2.45, 2.75) is 18.4 Å². The number of carbonyl (C=O) groups is 1. The molecular formula is C21H19BrN2O3. The van der Waals surface area contributed by atoms with E-state index in [1.165, 1.54) is 0 Å². The normalized spacial score (nSPS) is 16.0. The first-order valence-electron chi connectivity index (χ1n) is 8.85. The molecule has 3 aromatic rings. The number of amides is 1. The monoisotopic (exact) mass is 426 g/mol. The molecule has 1 aromatic heterocycles. The number of carbonyl (C=O) groups excluding carboxylic acids is 1. The van der Waals surface area contributed by atoms with Gasteiger partial charge in [0.15, 0.2) is 0 Å². The standard InChI is InChI=1S/C21H19BrN2O3/c22-17-8-4-7-16(13-17)21(9-11-26-12-10-21)23-20(25)19-14-18(24-27-19)15-5-2-1-3-6-15/h1-8,13-14H,9-12H2,(H,23,25). The molecule has 1 aliphatic heterocycles. The summed E-state index contributed by atoms with van der Waals surface area (Å²) in [5.74, 6) is -0.0683. The van der Waals surface area contributed by atoms with E-state index in [9.17, 15) is 4.79 Å². The molecular weight excluding hydrogens is 408 g/mol. The van der Waals surface area contributed by atoms with Gasteiger partial charge in [-0.1, -0.05) is 63.6 Å². The third-order valence-electron chi connectivity index (χ3n) is 4.88. The van der Waals surface area contributed by atoms with Crippen LogP contribution >= 0.6 is 15.9 Å². The first-order valence-corrected chi connectivity index (χ1v) is 9.64. The molecule has 6 heteroatoms. The van der Waals surface area contributed by atoms with Crippen molar-refractivity contribution in [3.63, 3.8) is 0 Å². The Bertz CT molecular complexity index is 933. The lowest BCUT2D eigenvalue weighted by Gasteiger charge is -2.38. The smallest absolute Gasteiger partial charge is 0.290 e. The number of ether oxygens (including phenoxy) is 1. The lowest BCUT2D eigenvalue weighted by Crippen LogP contribution is -2.49. The van der Waals surface area contributed by atoms with Crippen molar-refractivity contribution in [1.82, 2.24) is 10.5 Å². The molecule has 4 rings (SSSR count). The van der Waals surface area contributed by atoms with Gasteiger partial charge in [0.1, 0.15) is 5.69 Å². The third-order valence-corrected chi connectivity index (χ3v) is 5.37. The minimum Gasteiger partial charge on any atom is -0.381 e. The Hall–Kier alpha value is -2.44. The van der Waals surface area contributed by atoms with Crippen molar-refractivity contribution in [3.8, 4) is 11.3 Å². The van der Waals surface area contributed by atoms with Crippen LogP contribution in [0.5, 0.6) is 0 Å². The van der Waals surface area contributed by atoms with Gasteiger partial charge in [-0.2, -0.15) is 0 Å². The molecule has 0 atom stereocenters. The van der Waals surface area contributed by atoms with E-state index in [1.54, 1.807) is 6.07 Å². The zero-order valence-corrected chi connectivity index (χ0v) is 16.2. The molecule has 1 amide bonds. The van der Waals surface area contributed by atoms with Gasteiger partial charge in [-0.05, 0) is 30.5 Å². The van der Waals surface area contributed by atoms with E-state index >= 15 is 0 Å². The van der Waals surface area contributed by atoms with Gasteiger partial charge in [0.25, 0.3) is 5.91 Å². The predicted octanol–water partition coefficient (Wildman–Crippen LogP) is 4.54. The molecule has 1 fully saturated rings. The molecule has 2 aromatic carbocycles. The molecule has 0 radical (unpaired) electrons. The molecule has 1 aliphatic rings. The fraction of sp³-hybridized carbons (Fsp3) is 0.238. The van der Waals surface area contributed by atoms with Gasteiger partial charge in [-0.25, -0.2) is 0 Å². The number of hydrogen-bond acceptors (Lipinski definition) is 4. The van der Waals surface area contributed by atoms with Crippen LogP contribution in [0, 0.1) is 0 Å². The third kappa shape index (κ3) is 3.82. The summed E-state index contributed by atoms with van der Waals surface area (Å²) in [5.41, 5.74) is 2.12. The van der Waals surface area contributed by atoms with Crippen molar-refractivity contribution in [2.24, 2.45) is 0 Å². The Morgan fingerprint density at radius 2 is 1.81 bits per heavy atom. The second-order valence-corrected chi connectivity index (χ2v) is 7.52. The minimum atomic E-state index is -0.487. The van der Waals surface area contributed by atoms with Crippen molar-refractivity contribution in [3.05, 3.63) is 76.5 Å². The Labute approximate surface area is 165 Å². The van der Waals surface area contributed by atoms with Gasteiger partial charge in [0.2, 0.25) is 5.76 Å². The van der Waals surface area contributed by atoms with E-state index < -0.39 is 5.54 Å². The van der Waals surface area contributed by atoms with Gasteiger partial charge < -0.3 is 14.6 Å². The zero-order valence-electron chi connectivity index (χ0n) is 14.7. The lowest BCUT2D eigenvalue weighted by atomic mass is 9.82. The SMILES string of the molecule is O=C(NC1(c2cccc(Br)c2)CCOCC1)c1cc(-c2ccccc2)no1. The summed E-state index contributed by atoms with van der Waals surface area (Å²) < 4.78 is 11.8. The van der Waals surface area contributed by atoms with Gasteiger partial charge in [0, 0.05) is 29.3 Å². The van der Waals surface area contributed by atoms with Crippen LogP contribution in [0.25, 0.3) is 11.3 Å². The number of aromatic nitrogens is 1. The summed E-state index contributed by atoms with van der Waals surface area (Å²) in [6.45, 7) is 1.19. The van der Waals surface area contributed by atoms with Crippen LogP contribution in [-0.4, -0.2) is 24.3 Å². The molecule has 27 heavy (non-hydrogen) atoms. The van der Waals surface area contributed by atoms with Gasteiger partial charge >= 0.3 is 0 Å². The molecule has 0 unspecified atom stereocenters. The number of nitrogens with zero attached hydrogens (tertiary/aromatic N) is 1. The van der Waals surface area contributed by atoms with Crippen molar-refractivity contribution < 1.29 is 14.1 Å². The molecule has 138 valence electrons.